The van der Waals surface area contributed by atoms with Crippen LogP contribution in [0.4, 0.5) is 0 Å². The van der Waals surface area contributed by atoms with Crippen molar-refractivity contribution in [2.45, 2.75) is 19.5 Å². The summed E-state index contributed by atoms with van der Waals surface area (Å²) >= 11 is 0. The minimum Gasteiger partial charge on any atom is -0.271 e. The molecular formula is C9H18N3+. The van der Waals surface area contributed by atoms with Gasteiger partial charge in [-0.05, 0) is 20.5 Å². The Bertz CT molecular complexity index is 240. The molecule has 0 aromatic carbocycles. The van der Waals surface area contributed by atoms with E-state index in [0.717, 1.165) is 6.42 Å². The molecule has 0 saturated heterocycles. The van der Waals surface area contributed by atoms with Gasteiger partial charge in [0.1, 0.15) is 12.4 Å². The Morgan fingerprint density at radius 3 is 2.50 bits per heavy atom. The van der Waals surface area contributed by atoms with Gasteiger partial charge >= 0.3 is 0 Å². The van der Waals surface area contributed by atoms with E-state index in [1.807, 2.05) is 7.05 Å². The van der Waals surface area contributed by atoms with Crippen LogP contribution in [-0.2, 0) is 7.05 Å². The third-order valence-electron chi connectivity index (χ3n) is 2.09. The second-order valence-corrected chi connectivity index (χ2v) is 3.38. The van der Waals surface area contributed by atoms with Crippen molar-refractivity contribution < 1.29 is 4.57 Å². The molecule has 0 radical (unpaired) electrons. The average molecular weight is 168 g/mol. The molecule has 1 aromatic rings. The fraction of sp³-hybridized carbons (Fsp3) is 0.667. The second-order valence-electron chi connectivity index (χ2n) is 3.38. The Balaban J connectivity index is 2.80. The Kier molecular flexibility index (Phi) is 2.87. The molecule has 0 amide bonds. The fourth-order valence-electron chi connectivity index (χ4n) is 1.49. The van der Waals surface area contributed by atoms with Gasteiger partial charge in [-0.2, -0.15) is 0 Å². The normalized spacial score (nSPS) is 13.8. The highest BCUT2D eigenvalue weighted by Gasteiger charge is 2.15. The van der Waals surface area contributed by atoms with Crippen molar-refractivity contribution in [3.63, 3.8) is 0 Å². The van der Waals surface area contributed by atoms with Gasteiger partial charge in [0.2, 0.25) is 6.33 Å². The van der Waals surface area contributed by atoms with Gasteiger partial charge in [-0.1, -0.05) is 6.92 Å². The van der Waals surface area contributed by atoms with Crippen LogP contribution in [0.5, 0.6) is 0 Å². The molecule has 68 valence electrons. The third-order valence-corrected chi connectivity index (χ3v) is 2.09. The predicted molar refractivity (Wildman–Crippen MR) is 48.6 cm³/mol. The molecule has 0 aliphatic heterocycles. The third kappa shape index (κ3) is 1.85. The number of nitrogens with zero attached hydrogens (tertiary/aromatic N) is 3. The highest BCUT2D eigenvalue weighted by Crippen LogP contribution is 2.11. The van der Waals surface area contributed by atoms with Crippen molar-refractivity contribution >= 4 is 0 Å². The van der Waals surface area contributed by atoms with E-state index in [4.69, 9.17) is 0 Å². The van der Waals surface area contributed by atoms with Gasteiger partial charge in [0, 0.05) is 0 Å². The minimum atomic E-state index is 0.478. The number of hydrogen-bond donors (Lipinski definition) is 0. The number of aromatic nitrogens is 2. The summed E-state index contributed by atoms with van der Waals surface area (Å²) in [5.74, 6) is 0. The van der Waals surface area contributed by atoms with Crippen molar-refractivity contribution in [2.75, 3.05) is 14.1 Å². The van der Waals surface area contributed by atoms with Gasteiger partial charge in [-0.25, -0.2) is 9.13 Å². The van der Waals surface area contributed by atoms with Crippen LogP contribution in [0.3, 0.4) is 0 Å². The maximum atomic E-state index is 2.22. The molecule has 1 aromatic heterocycles. The standard InChI is InChI=1S/C9H18N3/c1-5-9(10(2)3)12-7-6-11(4)8-12/h6-9H,5H2,1-4H3/q+1. The maximum absolute atomic E-state index is 2.22. The molecule has 1 heterocycles. The Morgan fingerprint density at radius 2 is 2.17 bits per heavy atom. The van der Waals surface area contributed by atoms with Gasteiger partial charge in [-0.15, -0.1) is 0 Å². The van der Waals surface area contributed by atoms with E-state index in [0.29, 0.717) is 6.17 Å². The summed E-state index contributed by atoms with van der Waals surface area (Å²) < 4.78 is 4.28. The highest BCUT2D eigenvalue weighted by molar-refractivity contribution is 4.72. The van der Waals surface area contributed by atoms with Crippen molar-refractivity contribution in [1.82, 2.24) is 9.47 Å². The molecule has 1 rings (SSSR count). The van der Waals surface area contributed by atoms with Gasteiger partial charge in [-0.3, -0.25) is 4.90 Å². The predicted octanol–water partition coefficient (Wildman–Crippen LogP) is 0.783. The SMILES string of the molecule is CCC(N(C)C)n1cc[n+](C)c1. The van der Waals surface area contributed by atoms with Gasteiger partial charge in [0.15, 0.2) is 6.17 Å². The van der Waals surface area contributed by atoms with E-state index >= 15 is 0 Å². The quantitative estimate of drug-likeness (QED) is 0.607. The van der Waals surface area contributed by atoms with Crippen LogP contribution in [0, 0.1) is 0 Å². The Morgan fingerprint density at radius 1 is 1.50 bits per heavy atom. The van der Waals surface area contributed by atoms with Crippen LogP contribution >= 0.6 is 0 Å². The van der Waals surface area contributed by atoms with Crippen LogP contribution in [0.15, 0.2) is 18.7 Å². The molecule has 3 heteroatoms. The molecule has 1 atom stereocenters. The monoisotopic (exact) mass is 168 g/mol. The first kappa shape index (κ1) is 9.26. The van der Waals surface area contributed by atoms with E-state index in [2.05, 4.69) is 53.8 Å². The summed E-state index contributed by atoms with van der Waals surface area (Å²) in [5.41, 5.74) is 0. The first-order chi connectivity index (χ1) is 5.65. The van der Waals surface area contributed by atoms with Gasteiger partial charge < -0.3 is 0 Å². The Hall–Kier alpha value is -0.830. The van der Waals surface area contributed by atoms with Crippen LogP contribution in [0.1, 0.15) is 19.5 Å². The van der Waals surface area contributed by atoms with Crippen molar-refractivity contribution in [2.24, 2.45) is 7.05 Å². The Labute approximate surface area is 74.2 Å². The summed E-state index contributed by atoms with van der Waals surface area (Å²) in [5, 5.41) is 0. The summed E-state index contributed by atoms with van der Waals surface area (Å²) in [6, 6.07) is 0. The number of imidazole rings is 1. The first-order valence-corrected chi connectivity index (χ1v) is 4.34. The lowest BCUT2D eigenvalue weighted by Gasteiger charge is -2.18. The zero-order chi connectivity index (χ0) is 9.14. The first-order valence-electron chi connectivity index (χ1n) is 4.34. The second kappa shape index (κ2) is 3.72. The van der Waals surface area contributed by atoms with Crippen LogP contribution in [-0.4, -0.2) is 23.6 Å². The van der Waals surface area contributed by atoms with Gasteiger partial charge in [0.25, 0.3) is 0 Å². The minimum absolute atomic E-state index is 0.478. The molecule has 0 spiro atoms. The number of rotatable bonds is 3. The lowest BCUT2D eigenvalue weighted by atomic mass is 10.3. The summed E-state index contributed by atoms with van der Waals surface area (Å²) in [4.78, 5) is 2.22. The molecule has 0 aliphatic rings. The van der Waals surface area contributed by atoms with E-state index < -0.39 is 0 Å². The van der Waals surface area contributed by atoms with Crippen LogP contribution in [0.25, 0.3) is 0 Å². The lowest BCUT2D eigenvalue weighted by molar-refractivity contribution is -0.671. The van der Waals surface area contributed by atoms with E-state index in [-0.39, 0.29) is 0 Å². The zero-order valence-corrected chi connectivity index (χ0v) is 8.36. The van der Waals surface area contributed by atoms with Crippen LogP contribution < -0.4 is 4.57 Å². The lowest BCUT2D eigenvalue weighted by Crippen LogP contribution is -2.28. The maximum Gasteiger partial charge on any atom is 0.244 e. The molecule has 0 bridgehead atoms. The smallest absolute Gasteiger partial charge is 0.244 e. The van der Waals surface area contributed by atoms with E-state index in [1.165, 1.54) is 0 Å². The fourth-order valence-corrected chi connectivity index (χ4v) is 1.49. The highest BCUT2D eigenvalue weighted by atomic mass is 15.3. The van der Waals surface area contributed by atoms with E-state index in [1.54, 1.807) is 0 Å². The van der Waals surface area contributed by atoms with Gasteiger partial charge in [0.05, 0.1) is 7.05 Å². The number of aryl methyl sites for hydroxylation is 1. The molecule has 12 heavy (non-hydrogen) atoms. The molecule has 3 nitrogen and oxygen atoms in total. The average Bonchev–Trinajstić information content (AvgIpc) is 2.37. The summed E-state index contributed by atoms with van der Waals surface area (Å²) in [7, 11) is 6.25. The van der Waals surface area contributed by atoms with Crippen molar-refractivity contribution in [3.8, 4) is 0 Å². The van der Waals surface area contributed by atoms with Crippen molar-refractivity contribution in [3.05, 3.63) is 18.7 Å². The van der Waals surface area contributed by atoms with Crippen molar-refractivity contribution in [1.29, 1.82) is 0 Å². The van der Waals surface area contributed by atoms with E-state index in [9.17, 15) is 0 Å². The molecule has 0 fully saturated rings. The molecular weight excluding hydrogens is 150 g/mol. The summed E-state index contributed by atoms with van der Waals surface area (Å²) in [6.07, 6.45) is 7.88. The molecule has 0 aliphatic carbocycles. The molecule has 0 saturated carbocycles. The topological polar surface area (TPSA) is 12.1 Å². The molecule has 0 N–H and O–H groups in total. The largest absolute Gasteiger partial charge is 0.271 e. The summed E-state index contributed by atoms with van der Waals surface area (Å²) in [6.45, 7) is 2.20. The zero-order valence-electron chi connectivity index (χ0n) is 8.36. The molecule has 1 unspecified atom stereocenters. The number of hydrogen-bond acceptors (Lipinski definition) is 1. The van der Waals surface area contributed by atoms with Crippen LogP contribution in [0.2, 0.25) is 0 Å².